The average molecular weight is 307 g/mol. The van der Waals surface area contributed by atoms with Crippen molar-refractivity contribution in [2.24, 2.45) is 0 Å². The molecular weight excluding hydrogens is 299 g/mol. The number of nitrogens with zero attached hydrogens (tertiary/aromatic N) is 1. The van der Waals surface area contributed by atoms with Crippen molar-refractivity contribution in [2.75, 3.05) is 0 Å². The Labute approximate surface area is 118 Å². The van der Waals surface area contributed by atoms with Crippen molar-refractivity contribution in [1.82, 2.24) is 4.98 Å². The van der Waals surface area contributed by atoms with Crippen LogP contribution in [0.1, 0.15) is 5.69 Å². The number of halogens is 4. The molecule has 0 spiro atoms. The van der Waals surface area contributed by atoms with Gasteiger partial charge in [-0.3, -0.25) is 0 Å². The van der Waals surface area contributed by atoms with E-state index in [1.807, 2.05) is 0 Å². The van der Waals surface area contributed by atoms with Gasteiger partial charge in [-0.25, -0.2) is 9.37 Å². The third-order valence-corrected chi connectivity index (χ3v) is 3.00. The highest BCUT2D eigenvalue weighted by Crippen LogP contribution is 2.23. The van der Waals surface area contributed by atoms with Crippen LogP contribution in [0.4, 0.5) is 4.39 Å². The van der Waals surface area contributed by atoms with Gasteiger partial charge in [-0.2, -0.15) is 0 Å². The van der Waals surface area contributed by atoms with E-state index in [9.17, 15) is 4.39 Å². The molecule has 1 heterocycles. The van der Waals surface area contributed by atoms with E-state index in [4.69, 9.17) is 39.5 Å². The Kier molecular flexibility index (Phi) is 4.27. The average Bonchev–Trinajstić information content (AvgIpc) is 2.34. The quantitative estimate of drug-likeness (QED) is 0.763. The van der Waals surface area contributed by atoms with E-state index in [1.165, 1.54) is 18.2 Å². The zero-order chi connectivity index (χ0) is 13.1. The Hall–Kier alpha value is -1.03. The first kappa shape index (κ1) is 13.4. The lowest BCUT2D eigenvalue weighted by Crippen LogP contribution is -1.99. The van der Waals surface area contributed by atoms with Crippen molar-refractivity contribution in [2.45, 2.75) is 6.61 Å². The van der Waals surface area contributed by atoms with Crippen LogP contribution in [-0.2, 0) is 6.61 Å². The van der Waals surface area contributed by atoms with Gasteiger partial charge in [0.25, 0.3) is 0 Å². The molecule has 94 valence electrons. The van der Waals surface area contributed by atoms with E-state index in [2.05, 4.69) is 4.98 Å². The molecule has 18 heavy (non-hydrogen) atoms. The fourth-order valence-corrected chi connectivity index (χ4v) is 1.77. The molecule has 0 radical (unpaired) electrons. The van der Waals surface area contributed by atoms with Crippen molar-refractivity contribution in [3.05, 3.63) is 57.0 Å². The molecule has 1 aromatic heterocycles. The standard InChI is InChI=1S/C12H7Cl3FNO/c13-8-2-4-12(15)17-11(8)6-18-7-1-3-10(16)9(14)5-7/h1-5H,6H2. The van der Waals surface area contributed by atoms with Gasteiger partial charge < -0.3 is 4.74 Å². The summed E-state index contributed by atoms with van der Waals surface area (Å²) in [4.78, 5) is 4.03. The fraction of sp³-hybridized carbons (Fsp3) is 0.0833. The van der Waals surface area contributed by atoms with Crippen LogP contribution in [0.5, 0.6) is 5.75 Å². The summed E-state index contributed by atoms with van der Waals surface area (Å²) in [5, 5.41) is 0.778. The molecule has 0 aliphatic carbocycles. The molecule has 0 amide bonds. The third-order valence-electron chi connectivity index (χ3n) is 2.15. The molecule has 6 heteroatoms. The molecule has 0 bridgehead atoms. The molecule has 2 rings (SSSR count). The first-order chi connectivity index (χ1) is 8.56. The van der Waals surface area contributed by atoms with E-state index >= 15 is 0 Å². The number of hydrogen-bond acceptors (Lipinski definition) is 2. The molecular formula is C12H7Cl3FNO. The van der Waals surface area contributed by atoms with E-state index in [0.717, 1.165) is 0 Å². The Bertz CT molecular complexity index is 577. The lowest BCUT2D eigenvalue weighted by molar-refractivity contribution is 0.301. The highest BCUT2D eigenvalue weighted by atomic mass is 35.5. The topological polar surface area (TPSA) is 22.1 Å². The summed E-state index contributed by atoms with van der Waals surface area (Å²) in [5.74, 6) is -0.0674. The van der Waals surface area contributed by atoms with Gasteiger partial charge in [-0.1, -0.05) is 34.8 Å². The fourth-order valence-electron chi connectivity index (χ4n) is 1.28. The van der Waals surface area contributed by atoms with E-state index in [1.54, 1.807) is 12.1 Å². The van der Waals surface area contributed by atoms with Crippen LogP contribution in [0.3, 0.4) is 0 Å². The van der Waals surface area contributed by atoms with Crippen LogP contribution in [0.25, 0.3) is 0 Å². The van der Waals surface area contributed by atoms with E-state index in [-0.39, 0.29) is 11.6 Å². The van der Waals surface area contributed by atoms with Crippen LogP contribution in [0.15, 0.2) is 30.3 Å². The summed E-state index contributed by atoms with van der Waals surface area (Å²) >= 11 is 17.3. The maximum Gasteiger partial charge on any atom is 0.142 e. The smallest absolute Gasteiger partial charge is 0.142 e. The maximum atomic E-state index is 12.9. The molecule has 0 saturated heterocycles. The van der Waals surface area contributed by atoms with Crippen molar-refractivity contribution >= 4 is 34.8 Å². The number of aromatic nitrogens is 1. The lowest BCUT2D eigenvalue weighted by Gasteiger charge is -2.07. The molecule has 0 fully saturated rings. The van der Waals surface area contributed by atoms with Gasteiger partial charge in [0.05, 0.1) is 15.7 Å². The van der Waals surface area contributed by atoms with Crippen molar-refractivity contribution in [3.8, 4) is 5.75 Å². The minimum absolute atomic E-state index is 0.00218. The number of pyridine rings is 1. The minimum Gasteiger partial charge on any atom is -0.487 e. The first-order valence-electron chi connectivity index (χ1n) is 4.95. The van der Waals surface area contributed by atoms with Gasteiger partial charge >= 0.3 is 0 Å². The van der Waals surface area contributed by atoms with Gasteiger partial charge in [-0.15, -0.1) is 0 Å². The normalized spacial score (nSPS) is 10.4. The maximum absolute atomic E-state index is 12.9. The van der Waals surface area contributed by atoms with Crippen LogP contribution in [-0.4, -0.2) is 4.98 Å². The summed E-state index contributed by atoms with van der Waals surface area (Å²) in [6.07, 6.45) is 0. The van der Waals surface area contributed by atoms with Crippen molar-refractivity contribution in [1.29, 1.82) is 0 Å². The molecule has 0 saturated carbocycles. The van der Waals surface area contributed by atoms with Crippen LogP contribution in [0.2, 0.25) is 15.2 Å². The van der Waals surface area contributed by atoms with Crippen LogP contribution >= 0.6 is 34.8 Å². The molecule has 0 aliphatic heterocycles. The van der Waals surface area contributed by atoms with Gasteiger partial charge in [0.1, 0.15) is 23.3 Å². The highest BCUT2D eigenvalue weighted by Gasteiger charge is 2.06. The zero-order valence-electron chi connectivity index (χ0n) is 8.96. The second-order valence-corrected chi connectivity index (χ2v) is 4.63. The minimum atomic E-state index is -0.497. The van der Waals surface area contributed by atoms with E-state index in [0.29, 0.717) is 21.6 Å². The molecule has 0 atom stereocenters. The van der Waals surface area contributed by atoms with E-state index < -0.39 is 5.82 Å². The second kappa shape index (κ2) is 5.74. The summed E-state index contributed by atoms with van der Waals surface area (Å²) in [6.45, 7) is 0.126. The number of hydrogen-bond donors (Lipinski definition) is 0. The van der Waals surface area contributed by atoms with Crippen LogP contribution < -0.4 is 4.74 Å². The Morgan fingerprint density at radius 3 is 2.56 bits per heavy atom. The Balaban J connectivity index is 2.11. The van der Waals surface area contributed by atoms with Gasteiger partial charge in [-0.05, 0) is 24.3 Å². The Morgan fingerprint density at radius 2 is 1.83 bits per heavy atom. The third kappa shape index (κ3) is 3.25. The molecule has 2 nitrogen and oxygen atoms in total. The summed E-state index contributed by atoms with van der Waals surface area (Å²) < 4.78 is 18.3. The summed E-state index contributed by atoms with van der Waals surface area (Å²) in [7, 11) is 0. The van der Waals surface area contributed by atoms with Crippen molar-refractivity contribution < 1.29 is 9.13 Å². The Morgan fingerprint density at radius 1 is 1.06 bits per heavy atom. The first-order valence-corrected chi connectivity index (χ1v) is 6.08. The summed E-state index contributed by atoms with van der Waals surface area (Å²) in [6, 6.07) is 7.30. The summed E-state index contributed by atoms with van der Waals surface area (Å²) in [5.41, 5.74) is 0.504. The predicted octanol–water partition coefficient (Wildman–Crippen LogP) is 4.76. The number of ether oxygens (including phenoxy) is 1. The van der Waals surface area contributed by atoms with Gasteiger partial charge in [0, 0.05) is 6.07 Å². The predicted molar refractivity (Wildman–Crippen MR) is 70.0 cm³/mol. The highest BCUT2D eigenvalue weighted by molar-refractivity contribution is 6.32. The molecule has 0 aliphatic rings. The molecule has 0 N–H and O–H groups in total. The monoisotopic (exact) mass is 305 g/mol. The number of benzene rings is 1. The van der Waals surface area contributed by atoms with Crippen molar-refractivity contribution in [3.63, 3.8) is 0 Å². The largest absolute Gasteiger partial charge is 0.487 e. The molecule has 2 aromatic rings. The zero-order valence-corrected chi connectivity index (χ0v) is 11.2. The lowest BCUT2D eigenvalue weighted by atomic mass is 10.3. The number of rotatable bonds is 3. The second-order valence-electron chi connectivity index (χ2n) is 3.43. The van der Waals surface area contributed by atoms with Gasteiger partial charge in [0.15, 0.2) is 0 Å². The molecule has 1 aromatic carbocycles. The molecule has 0 unspecified atom stereocenters. The van der Waals surface area contributed by atoms with Gasteiger partial charge in [0.2, 0.25) is 0 Å². The van der Waals surface area contributed by atoms with Crippen LogP contribution in [0, 0.1) is 5.82 Å². The SMILES string of the molecule is Fc1ccc(OCc2nc(Cl)ccc2Cl)cc1Cl.